The molecule has 4 rings (SSSR count). The number of benzene rings is 1. The molecule has 1 aromatic heterocycles. The zero-order valence-corrected chi connectivity index (χ0v) is 17.3. The van der Waals surface area contributed by atoms with Crippen LogP contribution in [0, 0.1) is 6.92 Å². The SMILES string of the molecule is Cc1cccc(CN2CCN(C(=O)c3ccn(C4CCCNC4)n3)CC2)c1.Cl. The van der Waals surface area contributed by atoms with Gasteiger partial charge in [0.15, 0.2) is 0 Å². The second-order valence-corrected chi connectivity index (χ2v) is 7.74. The van der Waals surface area contributed by atoms with Gasteiger partial charge in [0.25, 0.3) is 5.91 Å². The highest BCUT2D eigenvalue weighted by molar-refractivity contribution is 5.92. The summed E-state index contributed by atoms with van der Waals surface area (Å²) in [5.41, 5.74) is 3.22. The number of piperidine rings is 1. The van der Waals surface area contributed by atoms with E-state index in [4.69, 9.17) is 0 Å². The zero-order valence-electron chi connectivity index (χ0n) is 16.5. The molecule has 0 spiro atoms. The van der Waals surface area contributed by atoms with E-state index in [9.17, 15) is 4.79 Å². The average Bonchev–Trinajstić information content (AvgIpc) is 3.19. The van der Waals surface area contributed by atoms with Gasteiger partial charge >= 0.3 is 0 Å². The molecule has 6 nitrogen and oxygen atoms in total. The summed E-state index contributed by atoms with van der Waals surface area (Å²) in [5.74, 6) is 0.0627. The van der Waals surface area contributed by atoms with Crippen LogP contribution in [0.2, 0.25) is 0 Å². The number of hydrogen-bond donors (Lipinski definition) is 1. The summed E-state index contributed by atoms with van der Waals surface area (Å²) in [6, 6.07) is 10.9. The summed E-state index contributed by atoms with van der Waals surface area (Å²) in [6.07, 6.45) is 4.25. The van der Waals surface area contributed by atoms with Crippen molar-refractivity contribution in [3.8, 4) is 0 Å². The van der Waals surface area contributed by atoms with Crippen LogP contribution in [0.4, 0.5) is 0 Å². The highest BCUT2D eigenvalue weighted by Crippen LogP contribution is 2.17. The van der Waals surface area contributed by atoms with Crippen LogP contribution in [0.1, 0.15) is 40.5 Å². The van der Waals surface area contributed by atoms with E-state index < -0.39 is 0 Å². The highest BCUT2D eigenvalue weighted by atomic mass is 35.5. The molecule has 1 aromatic carbocycles. The van der Waals surface area contributed by atoms with Crippen molar-refractivity contribution in [2.24, 2.45) is 0 Å². The molecule has 3 heterocycles. The minimum Gasteiger partial charge on any atom is -0.335 e. The van der Waals surface area contributed by atoms with E-state index in [1.165, 1.54) is 11.1 Å². The van der Waals surface area contributed by atoms with Gasteiger partial charge in [0, 0.05) is 45.5 Å². The molecule has 2 aromatic rings. The Bertz CT molecular complexity index is 779. The average molecular weight is 404 g/mol. The first-order valence-corrected chi connectivity index (χ1v) is 10.0. The number of aryl methyl sites for hydroxylation is 1. The normalized spacial score (nSPS) is 20.6. The van der Waals surface area contributed by atoms with Crippen molar-refractivity contribution in [3.63, 3.8) is 0 Å². The van der Waals surface area contributed by atoms with Crippen molar-refractivity contribution in [1.29, 1.82) is 0 Å². The molecule has 0 bridgehead atoms. The first kappa shape index (κ1) is 20.8. The Labute approximate surface area is 173 Å². The van der Waals surface area contributed by atoms with Crippen molar-refractivity contribution < 1.29 is 4.79 Å². The molecular weight excluding hydrogens is 374 g/mol. The van der Waals surface area contributed by atoms with Crippen molar-refractivity contribution in [2.45, 2.75) is 32.4 Å². The van der Waals surface area contributed by atoms with E-state index in [1.54, 1.807) is 0 Å². The predicted octanol–water partition coefficient (Wildman–Crippen LogP) is 2.50. The lowest BCUT2D eigenvalue weighted by molar-refractivity contribution is 0.0621. The van der Waals surface area contributed by atoms with Crippen LogP contribution >= 0.6 is 12.4 Å². The molecule has 7 heteroatoms. The quantitative estimate of drug-likeness (QED) is 0.852. The van der Waals surface area contributed by atoms with Gasteiger partial charge in [-0.3, -0.25) is 14.4 Å². The monoisotopic (exact) mass is 403 g/mol. The van der Waals surface area contributed by atoms with Crippen LogP contribution in [0.25, 0.3) is 0 Å². The van der Waals surface area contributed by atoms with Gasteiger partial charge in [-0.2, -0.15) is 5.10 Å². The van der Waals surface area contributed by atoms with Gasteiger partial charge in [-0.25, -0.2) is 0 Å². The number of nitrogens with zero attached hydrogens (tertiary/aromatic N) is 4. The second-order valence-electron chi connectivity index (χ2n) is 7.74. The van der Waals surface area contributed by atoms with E-state index in [-0.39, 0.29) is 18.3 Å². The third-order valence-electron chi connectivity index (χ3n) is 5.62. The number of carbonyl (C=O) groups is 1. The highest BCUT2D eigenvalue weighted by Gasteiger charge is 2.25. The van der Waals surface area contributed by atoms with Crippen molar-refractivity contribution >= 4 is 18.3 Å². The minimum atomic E-state index is 0. The molecule has 1 amide bonds. The number of nitrogens with one attached hydrogen (secondary N) is 1. The molecule has 0 aliphatic carbocycles. The van der Waals surface area contributed by atoms with Crippen LogP contribution in [0.3, 0.4) is 0 Å². The van der Waals surface area contributed by atoms with E-state index >= 15 is 0 Å². The lowest BCUT2D eigenvalue weighted by Crippen LogP contribution is -2.48. The molecule has 28 heavy (non-hydrogen) atoms. The molecule has 2 fully saturated rings. The Hall–Kier alpha value is -1.89. The number of amides is 1. The maximum Gasteiger partial charge on any atom is 0.274 e. The smallest absolute Gasteiger partial charge is 0.274 e. The van der Waals surface area contributed by atoms with Gasteiger partial charge in [0.2, 0.25) is 0 Å². The molecule has 152 valence electrons. The summed E-state index contributed by atoms with van der Waals surface area (Å²) in [7, 11) is 0. The van der Waals surface area contributed by atoms with Gasteiger partial charge in [0.1, 0.15) is 5.69 Å². The third kappa shape index (κ3) is 4.93. The van der Waals surface area contributed by atoms with Gasteiger partial charge in [-0.05, 0) is 37.9 Å². The molecule has 1 unspecified atom stereocenters. The number of aromatic nitrogens is 2. The van der Waals surface area contributed by atoms with E-state index in [0.29, 0.717) is 11.7 Å². The molecular formula is C21H30ClN5O. The van der Waals surface area contributed by atoms with Crippen LogP contribution in [0.15, 0.2) is 36.5 Å². The van der Waals surface area contributed by atoms with Gasteiger partial charge < -0.3 is 10.2 Å². The standard InChI is InChI=1S/C21H29N5O.ClH/c1-17-4-2-5-18(14-17)16-24-10-12-25(13-11-24)21(27)20-7-9-26(23-20)19-6-3-8-22-15-19;/h2,4-5,7,9,14,19,22H,3,6,8,10-13,15-16H2,1H3;1H. The molecule has 2 aliphatic rings. The number of rotatable bonds is 4. The summed E-state index contributed by atoms with van der Waals surface area (Å²) in [5, 5.41) is 7.98. The summed E-state index contributed by atoms with van der Waals surface area (Å²) >= 11 is 0. The van der Waals surface area contributed by atoms with E-state index in [0.717, 1.165) is 58.7 Å². The maximum atomic E-state index is 12.8. The second kappa shape index (κ2) is 9.54. The Morgan fingerprint density at radius 3 is 2.75 bits per heavy atom. The fraction of sp³-hybridized carbons (Fsp3) is 0.524. The number of carbonyl (C=O) groups excluding carboxylic acids is 1. The topological polar surface area (TPSA) is 53.4 Å². The van der Waals surface area contributed by atoms with Crippen molar-refractivity contribution in [2.75, 3.05) is 39.3 Å². The Kier molecular flexibility index (Phi) is 7.10. The van der Waals surface area contributed by atoms with Crippen LogP contribution < -0.4 is 5.32 Å². The molecule has 0 radical (unpaired) electrons. The van der Waals surface area contributed by atoms with Crippen molar-refractivity contribution in [3.05, 3.63) is 53.3 Å². The Morgan fingerprint density at radius 2 is 2.04 bits per heavy atom. The first-order chi connectivity index (χ1) is 13.2. The zero-order chi connectivity index (χ0) is 18.6. The molecule has 2 aliphatic heterocycles. The largest absolute Gasteiger partial charge is 0.335 e. The van der Waals surface area contributed by atoms with E-state index in [1.807, 2.05) is 21.8 Å². The fourth-order valence-corrected chi connectivity index (χ4v) is 4.05. The van der Waals surface area contributed by atoms with Gasteiger partial charge in [-0.1, -0.05) is 29.8 Å². The minimum absolute atomic E-state index is 0. The number of hydrogen-bond acceptors (Lipinski definition) is 4. The summed E-state index contributed by atoms with van der Waals surface area (Å²) in [6.45, 7) is 8.45. The first-order valence-electron chi connectivity index (χ1n) is 10.0. The van der Waals surface area contributed by atoms with Gasteiger partial charge in [0.05, 0.1) is 6.04 Å². The summed E-state index contributed by atoms with van der Waals surface area (Å²) in [4.78, 5) is 17.2. The lowest BCUT2D eigenvalue weighted by Gasteiger charge is -2.34. The number of halogens is 1. The maximum absolute atomic E-state index is 12.8. The third-order valence-corrected chi connectivity index (χ3v) is 5.62. The van der Waals surface area contributed by atoms with Crippen LogP contribution in [0.5, 0.6) is 0 Å². The predicted molar refractivity (Wildman–Crippen MR) is 113 cm³/mol. The Balaban J connectivity index is 0.00000225. The number of piperazine rings is 1. The van der Waals surface area contributed by atoms with E-state index in [2.05, 4.69) is 46.5 Å². The molecule has 2 saturated heterocycles. The van der Waals surface area contributed by atoms with Crippen LogP contribution in [-0.4, -0.2) is 64.8 Å². The fourth-order valence-electron chi connectivity index (χ4n) is 4.05. The summed E-state index contributed by atoms with van der Waals surface area (Å²) < 4.78 is 1.97. The molecule has 1 N–H and O–H groups in total. The molecule has 0 saturated carbocycles. The van der Waals surface area contributed by atoms with Gasteiger partial charge in [-0.15, -0.1) is 12.4 Å². The van der Waals surface area contributed by atoms with Crippen LogP contribution in [-0.2, 0) is 6.54 Å². The van der Waals surface area contributed by atoms with Crippen molar-refractivity contribution in [1.82, 2.24) is 24.9 Å². The Morgan fingerprint density at radius 1 is 1.21 bits per heavy atom. The molecule has 1 atom stereocenters. The lowest BCUT2D eigenvalue weighted by atomic mass is 10.1.